The molecular weight excluding hydrogens is 472 g/mol. The molecule has 202 valence electrons. The van der Waals surface area contributed by atoms with Gasteiger partial charge in [0, 0.05) is 12.6 Å². The molecule has 3 fully saturated rings. The van der Waals surface area contributed by atoms with E-state index in [-0.39, 0.29) is 31.1 Å². The Morgan fingerprint density at radius 1 is 1.27 bits per heavy atom. The number of aliphatic hydroxyl groups is 1. The number of benzene rings is 1. The van der Waals surface area contributed by atoms with Gasteiger partial charge in [0.25, 0.3) is 0 Å². The molecule has 2 bridgehead atoms. The van der Waals surface area contributed by atoms with E-state index in [0.717, 1.165) is 5.56 Å². The number of esters is 1. The van der Waals surface area contributed by atoms with Gasteiger partial charge in [0.1, 0.15) is 17.6 Å². The number of rotatable bonds is 11. The van der Waals surface area contributed by atoms with Crippen LogP contribution in [0, 0.1) is 11.8 Å². The van der Waals surface area contributed by atoms with Crippen molar-refractivity contribution in [2.45, 2.75) is 82.7 Å². The molecule has 3 aliphatic heterocycles. The largest absolute Gasteiger partial charge is 0.466 e. The summed E-state index contributed by atoms with van der Waals surface area (Å²) in [6.07, 6.45) is 3.64. The molecule has 1 spiro atoms. The van der Waals surface area contributed by atoms with Crippen LogP contribution >= 0.6 is 0 Å². The van der Waals surface area contributed by atoms with Crippen molar-refractivity contribution < 1.29 is 29.0 Å². The highest BCUT2D eigenvalue weighted by atomic mass is 16.6. The van der Waals surface area contributed by atoms with Gasteiger partial charge in [0.05, 0.1) is 30.8 Å². The van der Waals surface area contributed by atoms with Crippen LogP contribution in [0.3, 0.4) is 0 Å². The average molecular weight is 513 g/mol. The van der Waals surface area contributed by atoms with Crippen molar-refractivity contribution in [2.75, 3.05) is 19.8 Å². The number of likely N-dealkylation sites (tertiary alicyclic amines) is 1. The minimum Gasteiger partial charge on any atom is -0.466 e. The third-order valence-electron chi connectivity index (χ3n) is 8.54. The maximum Gasteiger partial charge on any atom is 0.312 e. The molecule has 0 radical (unpaired) electrons. The van der Waals surface area contributed by atoms with E-state index in [1.165, 1.54) is 4.90 Å². The molecule has 8 nitrogen and oxygen atoms in total. The predicted molar refractivity (Wildman–Crippen MR) is 138 cm³/mol. The van der Waals surface area contributed by atoms with E-state index >= 15 is 0 Å². The van der Waals surface area contributed by atoms with E-state index in [4.69, 9.17) is 9.47 Å². The Labute approximate surface area is 219 Å². The smallest absolute Gasteiger partial charge is 0.312 e. The summed E-state index contributed by atoms with van der Waals surface area (Å²) in [4.78, 5) is 45.2. The number of hydrogen-bond acceptors (Lipinski definition) is 6. The quantitative estimate of drug-likeness (QED) is 0.362. The van der Waals surface area contributed by atoms with Crippen LogP contribution in [0.15, 0.2) is 43.0 Å². The second kappa shape index (κ2) is 10.6. The van der Waals surface area contributed by atoms with Crippen molar-refractivity contribution in [2.24, 2.45) is 11.8 Å². The molecule has 4 rings (SSSR count). The monoisotopic (exact) mass is 512 g/mol. The number of hydrogen-bond donors (Lipinski definition) is 1. The summed E-state index contributed by atoms with van der Waals surface area (Å²) in [5.41, 5.74) is -1.05. The topological polar surface area (TPSA) is 96.4 Å². The molecular formula is C29H40N2O6. The number of carbonyl (C=O) groups excluding carboxylic acids is 3. The molecule has 1 N–H and O–H groups in total. The summed E-state index contributed by atoms with van der Waals surface area (Å²) >= 11 is 0. The van der Waals surface area contributed by atoms with Crippen molar-refractivity contribution >= 4 is 17.8 Å². The van der Waals surface area contributed by atoms with E-state index in [0.29, 0.717) is 32.2 Å². The first-order valence-corrected chi connectivity index (χ1v) is 13.5. The average Bonchev–Trinajstić information content (AvgIpc) is 3.49. The van der Waals surface area contributed by atoms with Gasteiger partial charge < -0.3 is 24.4 Å². The first-order chi connectivity index (χ1) is 17.7. The maximum atomic E-state index is 14.3. The molecule has 37 heavy (non-hydrogen) atoms. The Balaban J connectivity index is 1.84. The number of aliphatic hydroxyl groups excluding tert-OH is 1. The summed E-state index contributed by atoms with van der Waals surface area (Å²) in [6, 6.07) is 7.85. The van der Waals surface area contributed by atoms with Crippen LogP contribution < -0.4 is 0 Å². The van der Waals surface area contributed by atoms with E-state index in [1.54, 1.807) is 17.9 Å². The number of ether oxygens (including phenoxy) is 2. The summed E-state index contributed by atoms with van der Waals surface area (Å²) in [5, 5.41) is 10.5. The number of fused-ring (bicyclic) bond motifs is 1. The fraction of sp³-hybridized carbons (Fsp3) is 0.621. The summed E-state index contributed by atoms with van der Waals surface area (Å²) in [5.74, 6) is -2.64. The molecule has 1 aromatic rings. The number of amides is 2. The Kier molecular flexibility index (Phi) is 7.81. The first-order valence-electron chi connectivity index (χ1n) is 13.5. The predicted octanol–water partition coefficient (Wildman–Crippen LogP) is 2.73. The van der Waals surface area contributed by atoms with Crippen molar-refractivity contribution in [1.29, 1.82) is 0 Å². The zero-order valence-electron chi connectivity index (χ0n) is 22.4. The van der Waals surface area contributed by atoms with E-state index in [9.17, 15) is 19.5 Å². The van der Waals surface area contributed by atoms with Gasteiger partial charge in [-0.3, -0.25) is 14.4 Å². The molecule has 6 atom stereocenters. The lowest BCUT2D eigenvalue weighted by Crippen LogP contribution is -2.60. The molecule has 3 aliphatic rings. The fourth-order valence-corrected chi connectivity index (χ4v) is 6.91. The van der Waals surface area contributed by atoms with Crippen molar-refractivity contribution in [3.05, 3.63) is 48.6 Å². The van der Waals surface area contributed by atoms with E-state index in [1.807, 2.05) is 51.1 Å². The van der Waals surface area contributed by atoms with Crippen molar-refractivity contribution in [3.63, 3.8) is 0 Å². The Bertz CT molecular complexity index is 1030. The van der Waals surface area contributed by atoms with Crippen molar-refractivity contribution in [1.82, 2.24) is 9.80 Å². The number of nitrogens with zero attached hydrogens (tertiary/aromatic N) is 2. The van der Waals surface area contributed by atoms with Gasteiger partial charge in [-0.15, -0.1) is 6.58 Å². The molecule has 8 heteroatoms. The zero-order chi connectivity index (χ0) is 27.0. The van der Waals surface area contributed by atoms with Crippen LogP contribution in [0.4, 0.5) is 0 Å². The van der Waals surface area contributed by atoms with Crippen LogP contribution in [0.2, 0.25) is 0 Å². The molecule has 2 unspecified atom stereocenters. The van der Waals surface area contributed by atoms with Gasteiger partial charge in [-0.05, 0) is 52.0 Å². The molecule has 0 saturated carbocycles. The molecule has 0 aromatic heterocycles. The number of carbonyl (C=O) groups is 3. The van der Waals surface area contributed by atoms with Gasteiger partial charge in [-0.2, -0.15) is 0 Å². The highest BCUT2D eigenvalue weighted by molar-refractivity contribution is 5.99. The molecule has 0 aliphatic carbocycles. The second-order valence-corrected chi connectivity index (χ2v) is 10.7. The Morgan fingerprint density at radius 2 is 1.97 bits per heavy atom. The van der Waals surface area contributed by atoms with Crippen LogP contribution in [0.1, 0.15) is 52.5 Å². The van der Waals surface area contributed by atoms with Gasteiger partial charge >= 0.3 is 5.97 Å². The van der Waals surface area contributed by atoms with Gasteiger partial charge in [-0.25, -0.2) is 0 Å². The van der Waals surface area contributed by atoms with Crippen molar-refractivity contribution in [3.8, 4) is 0 Å². The van der Waals surface area contributed by atoms with E-state index in [2.05, 4.69) is 6.58 Å². The lowest BCUT2D eigenvalue weighted by atomic mass is 9.65. The van der Waals surface area contributed by atoms with Gasteiger partial charge in [-0.1, -0.05) is 43.3 Å². The highest BCUT2D eigenvalue weighted by Crippen LogP contribution is 2.65. The molecule has 3 heterocycles. The standard InChI is InChI=1S/C29H40N2O6/c1-6-16-30(19(4)5)26(34)24-29-15-14-28(7-2,37-29)23(27(35)36-8-3)22(29)25(33)31(24)21(18-32)17-20-12-10-9-11-13-20/h6,9-13,19,21-24,32H,1,7-8,14-18H2,2-5H3/t21-,22+,23+,24?,28-,29?/m1/s1. The Hall–Kier alpha value is -2.71. The maximum absolute atomic E-state index is 14.3. The SMILES string of the molecule is C=CCN(C(=O)C1N([C@@H](CO)Cc2ccccc2)C(=O)[C@@H]2[C@@H](C(=O)OCC)[C@@]3(CC)CCC12O3)C(C)C. The second-order valence-electron chi connectivity index (χ2n) is 10.7. The minimum atomic E-state index is -1.15. The molecule has 1 aromatic carbocycles. The fourth-order valence-electron chi connectivity index (χ4n) is 6.91. The molecule has 3 saturated heterocycles. The zero-order valence-corrected chi connectivity index (χ0v) is 22.4. The Morgan fingerprint density at radius 3 is 2.54 bits per heavy atom. The normalized spacial score (nSPS) is 30.9. The van der Waals surface area contributed by atoms with Gasteiger partial charge in [0.2, 0.25) is 11.8 Å². The van der Waals surface area contributed by atoms with Crippen LogP contribution in [0.25, 0.3) is 0 Å². The summed E-state index contributed by atoms with van der Waals surface area (Å²) < 4.78 is 12.2. The first kappa shape index (κ1) is 27.3. The lowest BCUT2D eigenvalue weighted by molar-refractivity contribution is -0.163. The van der Waals surface area contributed by atoms with Crippen LogP contribution in [-0.4, -0.2) is 81.8 Å². The van der Waals surface area contributed by atoms with Crippen LogP contribution in [0.5, 0.6) is 0 Å². The van der Waals surface area contributed by atoms with E-state index < -0.39 is 41.1 Å². The summed E-state index contributed by atoms with van der Waals surface area (Å²) in [7, 11) is 0. The minimum absolute atomic E-state index is 0.140. The van der Waals surface area contributed by atoms with Crippen LogP contribution in [-0.2, 0) is 30.3 Å². The third kappa shape index (κ3) is 4.28. The summed E-state index contributed by atoms with van der Waals surface area (Å²) in [6.45, 7) is 11.6. The lowest BCUT2D eigenvalue weighted by Gasteiger charge is -2.40. The highest BCUT2D eigenvalue weighted by Gasteiger charge is 2.79. The van der Waals surface area contributed by atoms with Gasteiger partial charge in [0.15, 0.2) is 0 Å². The third-order valence-corrected chi connectivity index (χ3v) is 8.54. The molecule has 2 amide bonds.